The van der Waals surface area contributed by atoms with Crippen LogP contribution in [0.2, 0.25) is 0 Å². The van der Waals surface area contributed by atoms with Crippen LogP contribution in [-0.4, -0.2) is 24.5 Å². The minimum Gasteiger partial charge on any atom is -0.497 e. The maximum absolute atomic E-state index is 12.6. The van der Waals surface area contributed by atoms with Gasteiger partial charge < -0.3 is 20.5 Å². The number of carbonyl (C=O) groups excluding carboxylic acids is 1. The van der Waals surface area contributed by atoms with Crippen molar-refractivity contribution in [2.45, 2.75) is 45.1 Å². The number of benzene rings is 1. The molecule has 28 heavy (non-hydrogen) atoms. The van der Waals surface area contributed by atoms with Crippen molar-refractivity contribution in [1.82, 2.24) is 10.3 Å². The van der Waals surface area contributed by atoms with E-state index in [4.69, 9.17) is 15.2 Å². The number of hydrogen-bond donors (Lipinski definition) is 2. The number of amides is 1. The fourth-order valence-electron chi connectivity index (χ4n) is 3.78. The Bertz CT molecular complexity index is 788. The zero-order valence-electron chi connectivity index (χ0n) is 16.4. The van der Waals surface area contributed by atoms with Crippen LogP contribution in [0.3, 0.4) is 0 Å². The topological polar surface area (TPSA) is 86.5 Å². The van der Waals surface area contributed by atoms with Crippen molar-refractivity contribution in [3.05, 3.63) is 48.2 Å². The molecule has 6 nitrogen and oxygen atoms in total. The Morgan fingerprint density at radius 2 is 1.96 bits per heavy atom. The van der Waals surface area contributed by atoms with E-state index < -0.39 is 0 Å². The number of nitrogens with zero attached hydrogens (tertiary/aromatic N) is 1. The van der Waals surface area contributed by atoms with Gasteiger partial charge in [-0.05, 0) is 43.0 Å². The largest absolute Gasteiger partial charge is 0.497 e. The number of rotatable bonds is 8. The number of hydrogen-bond acceptors (Lipinski definition) is 5. The summed E-state index contributed by atoms with van der Waals surface area (Å²) in [4.78, 5) is 16.9. The molecular formula is C22H29N3O3. The van der Waals surface area contributed by atoms with Crippen molar-refractivity contribution in [2.24, 2.45) is 11.1 Å². The SMILES string of the molecule is COc1cccc(Oc2ncccc2CNC(=O)CC2(CN)CCCCC2)c1. The van der Waals surface area contributed by atoms with Gasteiger partial charge in [0.15, 0.2) is 0 Å². The molecule has 3 rings (SSSR count). The monoisotopic (exact) mass is 383 g/mol. The number of nitrogens with two attached hydrogens (primary N) is 1. The molecule has 1 aromatic carbocycles. The lowest BCUT2D eigenvalue weighted by atomic mass is 9.71. The first-order valence-corrected chi connectivity index (χ1v) is 9.87. The van der Waals surface area contributed by atoms with Crippen LogP contribution in [0.4, 0.5) is 0 Å². The third-order valence-electron chi connectivity index (χ3n) is 5.46. The molecule has 1 aromatic heterocycles. The zero-order chi connectivity index (χ0) is 19.8. The minimum atomic E-state index is -0.0445. The molecule has 2 aromatic rings. The zero-order valence-corrected chi connectivity index (χ0v) is 16.4. The number of carbonyl (C=O) groups is 1. The van der Waals surface area contributed by atoms with Crippen LogP contribution >= 0.6 is 0 Å². The number of ether oxygens (including phenoxy) is 2. The second-order valence-electron chi connectivity index (χ2n) is 7.47. The summed E-state index contributed by atoms with van der Waals surface area (Å²) < 4.78 is 11.1. The molecule has 1 aliphatic carbocycles. The van der Waals surface area contributed by atoms with Crippen LogP contribution in [0.1, 0.15) is 44.1 Å². The molecule has 150 valence electrons. The number of pyridine rings is 1. The smallest absolute Gasteiger partial charge is 0.224 e. The average Bonchev–Trinajstić information content (AvgIpc) is 2.74. The maximum Gasteiger partial charge on any atom is 0.224 e. The fraction of sp³-hybridized carbons (Fsp3) is 0.455. The second-order valence-corrected chi connectivity index (χ2v) is 7.47. The average molecular weight is 383 g/mol. The third-order valence-corrected chi connectivity index (χ3v) is 5.46. The number of methoxy groups -OCH3 is 1. The molecule has 0 aliphatic heterocycles. The summed E-state index contributed by atoms with van der Waals surface area (Å²) >= 11 is 0. The Morgan fingerprint density at radius 3 is 2.71 bits per heavy atom. The third kappa shape index (κ3) is 5.23. The second kappa shape index (κ2) is 9.55. The van der Waals surface area contributed by atoms with E-state index in [0.29, 0.717) is 36.9 Å². The quantitative estimate of drug-likeness (QED) is 0.724. The molecule has 1 aliphatic rings. The molecule has 6 heteroatoms. The van der Waals surface area contributed by atoms with Crippen LogP contribution in [0, 0.1) is 5.41 Å². The van der Waals surface area contributed by atoms with Crippen molar-refractivity contribution < 1.29 is 14.3 Å². The van der Waals surface area contributed by atoms with Crippen LogP contribution in [-0.2, 0) is 11.3 Å². The lowest BCUT2D eigenvalue weighted by Gasteiger charge is -2.35. The van der Waals surface area contributed by atoms with Gasteiger partial charge in [-0.1, -0.05) is 31.4 Å². The number of nitrogens with one attached hydrogen (secondary N) is 1. The highest BCUT2D eigenvalue weighted by atomic mass is 16.5. The molecule has 1 saturated carbocycles. The molecule has 0 spiro atoms. The normalized spacial score (nSPS) is 15.6. The van der Waals surface area contributed by atoms with Gasteiger partial charge in [-0.3, -0.25) is 4.79 Å². The summed E-state index contributed by atoms with van der Waals surface area (Å²) in [6.45, 7) is 0.935. The predicted octanol–water partition coefficient (Wildman–Crippen LogP) is 3.80. The molecule has 3 N–H and O–H groups in total. The van der Waals surface area contributed by atoms with Gasteiger partial charge in [0.2, 0.25) is 11.8 Å². The van der Waals surface area contributed by atoms with E-state index in [9.17, 15) is 4.79 Å². The summed E-state index contributed by atoms with van der Waals surface area (Å²) in [6, 6.07) is 11.1. The first-order chi connectivity index (χ1) is 13.6. The predicted molar refractivity (Wildman–Crippen MR) is 108 cm³/mol. The van der Waals surface area contributed by atoms with Crippen molar-refractivity contribution in [1.29, 1.82) is 0 Å². The summed E-state index contributed by atoms with van der Waals surface area (Å²) in [5.41, 5.74) is 6.79. The first kappa shape index (κ1) is 20.1. The molecule has 0 atom stereocenters. The highest BCUT2D eigenvalue weighted by molar-refractivity contribution is 5.76. The highest BCUT2D eigenvalue weighted by Crippen LogP contribution is 2.38. The van der Waals surface area contributed by atoms with Gasteiger partial charge in [-0.25, -0.2) is 4.98 Å². The van der Waals surface area contributed by atoms with Gasteiger partial charge in [0.25, 0.3) is 0 Å². The van der Waals surface area contributed by atoms with E-state index in [0.717, 1.165) is 31.2 Å². The molecular weight excluding hydrogens is 354 g/mol. The summed E-state index contributed by atoms with van der Waals surface area (Å²) in [7, 11) is 1.61. The molecule has 0 unspecified atom stereocenters. The van der Waals surface area contributed by atoms with Crippen LogP contribution in [0.25, 0.3) is 0 Å². The minimum absolute atomic E-state index is 0.0310. The van der Waals surface area contributed by atoms with Crippen molar-refractivity contribution in [2.75, 3.05) is 13.7 Å². The molecule has 1 heterocycles. The molecule has 1 amide bonds. The van der Waals surface area contributed by atoms with E-state index in [-0.39, 0.29) is 11.3 Å². The summed E-state index contributed by atoms with van der Waals surface area (Å²) in [6.07, 6.45) is 7.78. The van der Waals surface area contributed by atoms with Gasteiger partial charge >= 0.3 is 0 Å². The van der Waals surface area contributed by atoms with Crippen molar-refractivity contribution in [3.8, 4) is 17.4 Å². The molecule has 0 radical (unpaired) electrons. The number of aromatic nitrogens is 1. The Kier molecular flexibility index (Phi) is 6.87. The summed E-state index contributed by atoms with van der Waals surface area (Å²) in [5.74, 6) is 1.85. The first-order valence-electron chi connectivity index (χ1n) is 9.87. The van der Waals surface area contributed by atoms with E-state index in [1.54, 1.807) is 19.4 Å². The van der Waals surface area contributed by atoms with Gasteiger partial charge in [0.1, 0.15) is 11.5 Å². The molecule has 0 bridgehead atoms. The maximum atomic E-state index is 12.6. The van der Waals surface area contributed by atoms with Gasteiger partial charge in [0.05, 0.1) is 7.11 Å². The van der Waals surface area contributed by atoms with Crippen LogP contribution < -0.4 is 20.5 Å². The molecule has 0 saturated heterocycles. The Balaban J connectivity index is 1.62. The van der Waals surface area contributed by atoms with Gasteiger partial charge in [-0.15, -0.1) is 0 Å². The summed E-state index contributed by atoms with van der Waals surface area (Å²) in [5, 5.41) is 3.01. The fourth-order valence-corrected chi connectivity index (χ4v) is 3.78. The Hall–Kier alpha value is -2.60. The highest BCUT2D eigenvalue weighted by Gasteiger charge is 2.32. The van der Waals surface area contributed by atoms with E-state index in [2.05, 4.69) is 10.3 Å². The van der Waals surface area contributed by atoms with E-state index >= 15 is 0 Å². The van der Waals surface area contributed by atoms with Crippen molar-refractivity contribution >= 4 is 5.91 Å². The lowest BCUT2D eigenvalue weighted by molar-refractivity contribution is -0.124. The standard InChI is InChI=1S/C22H29N3O3/c1-27-18-8-5-9-19(13-18)28-21-17(7-6-12-24-21)15-25-20(26)14-22(16-23)10-3-2-4-11-22/h5-9,12-13H,2-4,10-11,14-16,23H2,1H3,(H,25,26). The van der Waals surface area contributed by atoms with E-state index in [1.807, 2.05) is 30.3 Å². The Labute approximate surface area is 166 Å². The molecule has 1 fully saturated rings. The van der Waals surface area contributed by atoms with Gasteiger partial charge in [0, 0.05) is 30.8 Å². The van der Waals surface area contributed by atoms with Gasteiger partial charge in [-0.2, -0.15) is 0 Å². The van der Waals surface area contributed by atoms with Crippen LogP contribution in [0.5, 0.6) is 17.4 Å². The Morgan fingerprint density at radius 1 is 1.18 bits per heavy atom. The van der Waals surface area contributed by atoms with Crippen molar-refractivity contribution in [3.63, 3.8) is 0 Å². The lowest BCUT2D eigenvalue weighted by Crippen LogP contribution is -2.38. The van der Waals surface area contributed by atoms with Crippen LogP contribution in [0.15, 0.2) is 42.6 Å². The van der Waals surface area contributed by atoms with E-state index in [1.165, 1.54) is 6.42 Å².